The molecule has 12 aromatic rings. The van der Waals surface area contributed by atoms with Crippen molar-refractivity contribution in [3.63, 3.8) is 0 Å². The van der Waals surface area contributed by atoms with E-state index in [1.807, 2.05) is 6.20 Å². The SMILES string of the molecule is CC1(C)c2cc(N(c3ccc4c(c3)C(C)(C)c3c5c(c6oc7ccccc7c6c3-4)-c3ccccc3C5(C)C)c3ncccc3-c3ccccc3)ccc2-c2cc3c(cc21)-c1c(ccc2[nH]c4ccccc4c12)C3(C)C. The Balaban J connectivity index is 0.905. The van der Waals surface area contributed by atoms with E-state index in [1.54, 1.807) is 0 Å². The fraction of sp³-hybridized carbons (Fsp3) is 0.169. The molecule has 16 rings (SSSR count). The summed E-state index contributed by atoms with van der Waals surface area (Å²) in [6.45, 7) is 19.4. The summed E-state index contributed by atoms with van der Waals surface area (Å²) in [5.74, 6) is 0.894. The molecule has 4 nitrogen and oxygen atoms in total. The molecule has 0 aliphatic heterocycles. The van der Waals surface area contributed by atoms with Gasteiger partial charge < -0.3 is 9.40 Å². The highest BCUT2D eigenvalue weighted by atomic mass is 16.3. The van der Waals surface area contributed by atoms with Gasteiger partial charge in [-0.25, -0.2) is 4.98 Å². The fourth-order valence-electron chi connectivity index (χ4n) is 15.0. The molecule has 0 saturated heterocycles. The Kier molecular flexibility index (Phi) is 8.15. The van der Waals surface area contributed by atoms with Gasteiger partial charge in [-0.3, -0.25) is 4.90 Å². The van der Waals surface area contributed by atoms with Crippen LogP contribution in [0.3, 0.4) is 0 Å². The second kappa shape index (κ2) is 14.2. The van der Waals surface area contributed by atoms with E-state index in [1.165, 1.54) is 116 Å². The van der Waals surface area contributed by atoms with Crippen LogP contribution in [0.4, 0.5) is 17.2 Å². The lowest BCUT2D eigenvalue weighted by molar-refractivity contribution is 0.600. The van der Waals surface area contributed by atoms with E-state index < -0.39 is 0 Å². The van der Waals surface area contributed by atoms with Gasteiger partial charge in [-0.15, -0.1) is 0 Å². The molecule has 0 amide bonds. The minimum absolute atomic E-state index is 0.167. The number of pyridine rings is 1. The van der Waals surface area contributed by atoms with Crippen molar-refractivity contribution in [1.29, 1.82) is 0 Å². The number of nitrogens with one attached hydrogen (secondary N) is 1. The molecule has 0 spiro atoms. The minimum atomic E-state index is -0.360. The summed E-state index contributed by atoms with van der Waals surface area (Å²) in [4.78, 5) is 11.5. The van der Waals surface area contributed by atoms with Crippen LogP contribution in [0.15, 0.2) is 187 Å². The zero-order valence-corrected chi connectivity index (χ0v) is 43.6. The van der Waals surface area contributed by atoms with E-state index >= 15 is 0 Å². The van der Waals surface area contributed by atoms with Gasteiger partial charge in [0.05, 0.1) is 0 Å². The van der Waals surface area contributed by atoms with Gasteiger partial charge in [0, 0.05) is 82.9 Å². The van der Waals surface area contributed by atoms with Crippen molar-refractivity contribution in [3.8, 4) is 55.6 Å². The topological polar surface area (TPSA) is 45.1 Å². The largest absolute Gasteiger partial charge is 0.455 e. The van der Waals surface area contributed by atoms with Crippen LogP contribution >= 0.6 is 0 Å². The molecule has 0 atom stereocenters. The van der Waals surface area contributed by atoms with Gasteiger partial charge in [-0.1, -0.05) is 165 Å². The number of para-hydroxylation sites is 2. The van der Waals surface area contributed by atoms with Crippen molar-refractivity contribution in [1.82, 2.24) is 9.97 Å². The maximum absolute atomic E-state index is 7.02. The van der Waals surface area contributed by atoms with Crippen LogP contribution in [-0.2, 0) is 21.7 Å². The molecule has 0 bridgehead atoms. The summed E-state index contributed by atoms with van der Waals surface area (Å²) >= 11 is 0. The number of hydrogen-bond donors (Lipinski definition) is 1. The van der Waals surface area contributed by atoms with Crippen LogP contribution in [-0.4, -0.2) is 9.97 Å². The molecule has 3 heterocycles. The summed E-state index contributed by atoms with van der Waals surface area (Å²) < 4.78 is 7.02. The van der Waals surface area contributed by atoms with Crippen molar-refractivity contribution >= 4 is 60.9 Å². The van der Waals surface area contributed by atoms with Crippen molar-refractivity contribution in [2.45, 2.75) is 77.0 Å². The molecule has 3 aromatic heterocycles. The van der Waals surface area contributed by atoms with Gasteiger partial charge in [0.25, 0.3) is 0 Å². The molecule has 4 aliphatic carbocycles. The van der Waals surface area contributed by atoms with Gasteiger partial charge in [-0.2, -0.15) is 0 Å². The second-order valence-corrected chi connectivity index (χ2v) is 23.9. The summed E-state index contributed by atoms with van der Waals surface area (Å²) in [7, 11) is 0. The van der Waals surface area contributed by atoms with E-state index in [0.29, 0.717) is 0 Å². The smallest absolute Gasteiger partial charge is 0.145 e. The number of furan rings is 1. The molecule has 360 valence electrons. The number of rotatable bonds is 4. The van der Waals surface area contributed by atoms with Gasteiger partial charge in [0.1, 0.15) is 17.0 Å². The average Bonchev–Trinajstić information content (AvgIpc) is 4.32. The molecular weight excluding hydrogens is 911 g/mol. The molecule has 0 radical (unpaired) electrons. The summed E-state index contributed by atoms with van der Waals surface area (Å²) in [5, 5.41) is 4.98. The molecular formula is C71H55N3O. The molecule has 75 heavy (non-hydrogen) atoms. The molecule has 9 aromatic carbocycles. The van der Waals surface area contributed by atoms with Crippen LogP contribution < -0.4 is 4.90 Å². The standard InChI is InChI=1S/C71H55N3O/c1-68(2)51-32-33-57-60(46-22-13-16-26-56(46)73-57)59(51)49-38-54-48(37-55(49)68)43-30-28-40(35-52(43)69(54,3)4)74(67-42(24-18-34-72-67)39-19-10-9-11-20-39)41-29-31-45-53(36-41)71(7,8)64-61(45)62-47-23-14-17-27-58(47)75-66(62)63-44-21-12-15-25-50(44)70(5,6)65(63)64/h9-38,73H,1-8H3. The van der Waals surface area contributed by atoms with Crippen LogP contribution in [0.2, 0.25) is 0 Å². The zero-order chi connectivity index (χ0) is 50.7. The number of nitrogens with zero attached hydrogens (tertiary/aromatic N) is 2. The number of anilines is 3. The third kappa shape index (κ3) is 5.34. The molecule has 4 aliphatic rings. The van der Waals surface area contributed by atoms with Crippen molar-refractivity contribution in [3.05, 3.63) is 227 Å². The monoisotopic (exact) mass is 965 g/mol. The molecule has 0 saturated carbocycles. The highest BCUT2D eigenvalue weighted by Crippen LogP contribution is 2.64. The van der Waals surface area contributed by atoms with E-state index in [4.69, 9.17) is 9.40 Å². The minimum Gasteiger partial charge on any atom is -0.455 e. The third-order valence-corrected chi connectivity index (χ3v) is 18.6. The van der Waals surface area contributed by atoms with Crippen LogP contribution in [0.5, 0.6) is 0 Å². The van der Waals surface area contributed by atoms with Gasteiger partial charge >= 0.3 is 0 Å². The number of H-pyrrole nitrogens is 1. The predicted molar refractivity (Wildman–Crippen MR) is 311 cm³/mol. The Bertz CT molecular complexity index is 4540. The molecule has 4 heteroatoms. The number of aromatic amines is 1. The van der Waals surface area contributed by atoms with Crippen LogP contribution in [0.25, 0.3) is 99.4 Å². The van der Waals surface area contributed by atoms with Gasteiger partial charge in [0.15, 0.2) is 0 Å². The Hall–Kier alpha value is -8.47. The third-order valence-electron chi connectivity index (χ3n) is 18.6. The van der Waals surface area contributed by atoms with Crippen molar-refractivity contribution < 1.29 is 4.42 Å². The Morgan fingerprint density at radius 2 is 1.00 bits per heavy atom. The van der Waals surface area contributed by atoms with Crippen molar-refractivity contribution in [2.24, 2.45) is 0 Å². The predicted octanol–water partition coefficient (Wildman–Crippen LogP) is 19.0. The highest BCUT2D eigenvalue weighted by Gasteiger charge is 2.49. The fourth-order valence-corrected chi connectivity index (χ4v) is 15.0. The Labute approximate surface area is 437 Å². The number of benzene rings is 9. The molecule has 0 unspecified atom stereocenters. The summed E-state index contributed by atoms with van der Waals surface area (Å²) in [5.41, 5.74) is 29.0. The van der Waals surface area contributed by atoms with Gasteiger partial charge in [-0.05, 0) is 156 Å². The number of hydrogen-bond acceptors (Lipinski definition) is 3. The molecule has 0 fully saturated rings. The lowest BCUT2D eigenvalue weighted by atomic mass is 9.72. The van der Waals surface area contributed by atoms with Crippen molar-refractivity contribution in [2.75, 3.05) is 4.90 Å². The Morgan fingerprint density at radius 3 is 1.81 bits per heavy atom. The first kappa shape index (κ1) is 43.0. The average molecular weight is 966 g/mol. The van der Waals surface area contributed by atoms with E-state index in [0.717, 1.165) is 44.9 Å². The first-order valence-electron chi connectivity index (χ1n) is 26.7. The van der Waals surface area contributed by atoms with E-state index in [-0.39, 0.29) is 21.7 Å². The zero-order valence-electron chi connectivity index (χ0n) is 43.6. The number of fused-ring (bicyclic) bond motifs is 22. The maximum atomic E-state index is 7.02. The highest BCUT2D eigenvalue weighted by molar-refractivity contribution is 6.21. The summed E-state index contributed by atoms with van der Waals surface area (Å²) in [6.07, 6.45) is 1.95. The quantitative estimate of drug-likeness (QED) is 0.191. The number of aromatic nitrogens is 2. The van der Waals surface area contributed by atoms with Gasteiger partial charge in [0.2, 0.25) is 0 Å². The maximum Gasteiger partial charge on any atom is 0.145 e. The normalized spacial score (nSPS) is 16.2. The summed E-state index contributed by atoms with van der Waals surface area (Å²) in [6, 6.07) is 65.6. The van der Waals surface area contributed by atoms with Crippen LogP contribution in [0, 0.1) is 0 Å². The van der Waals surface area contributed by atoms with Crippen LogP contribution in [0.1, 0.15) is 99.9 Å². The molecule has 1 N–H and O–H groups in total. The van der Waals surface area contributed by atoms with E-state index in [2.05, 4.69) is 241 Å². The lowest BCUT2D eigenvalue weighted by Gasteiger charge is -2.32. The van der Waals surface area contributed by atoms with E-state index in [9.17, 15) is 0 Å². The second-order valence-electron chi connectivity index (χ2n) is 23.9. The first-order chi connectivity index (χ1) is 36.2. The lowest BCUT2D eigenvalue weighted by Crippen LogP contribution is -2.24. The Morgan fingerprint density at radius 1 is 0.400 bits per heavy atom. The first-order valence-corrected chi connectivity index (χ1v) is 26.7.